The van der Waals surface area contributed by atoms with Crippen molar-refractivity contribution in [3.05, 3.63) is 29.8 Å². The average Bonchev–Trinajstić information content (AvgIpc) is 2.37. The monoisotopic (exact) mass is 302 g/mol. The zero-order valence-electron chi connectivity index (χ0n) is 10.9. The van der Waals surface area contributed by atoms with Crippen LogP contribution in [0.15, 0.2) is 24.3 Å². The van der Waals surface area contributed by atoms with E-state index in [9.17, 15) is 18.0 Å². The van der Waals surface area contributed by atoms with E-state index in [2.05, 4.69) is 4.74 Å². The second kappa shape index (κ2) is 6.24. The Balaban J connectivity index is 3.08. The Morgan fingerprint density at radius 1 is 1.35 bits per heavy atom. The lowest BCUT2D eigenvalue weighted by molar-refractivity contribution is 0.0697. The molecule has 0 saturated heterocycles. The number of ether oxygens (including phenoxy) is 1. The molecule has 0 saturated carbocycles. The predicted molar refractivity (Wildman–Crippen MR) is 70.9 cm³/mol. The van der Waals surface area contributed by atoms with Gasteiger partial charge in [-0.3, -0.25) is 4.31 Å². The maximum absolute atomic E-state index is 11.9. The van der Waals surface area contributed by atoms with Crippen LogP contribution in [-0.4, -0.2) is 39.2 Å². The number of amides is 1. The number of para-hydroxylation sites is 1. The highest BCUT2D eigenvalue weighted by atomic mass is 32.2. The van der Waals surface area contributed by atoms with E-state index < -0.39 is 22.3 Å². The first-order valence-corrected chi connectivity index (χ1v) is 6.99. The molecule has 1 rings (SSSR count). The van der Waals surface area contributed by atoms with E-state index in [1.54, 1.807) is 4.72 Å². The number of hydrogen-bond acceptors (Lipinski definition) is 5. The number of nitrogens with one attached hydrogen (secondary N) is 1. The molecule has 0 aromatic heterocycles. The molecule has 0 unspecified atom stereocenters. The molecule has 2 N–H and O–H groups in total. The van der Waals surface area contributed by atoms with Crippen molar-refractivity contribution in [2.45, 2.75) is 6.92 Å². The third-order valence-electron chi connectivity index (χ3n) is 2.32. The second-order valence-corrected chi connectivity index (χ2v) is 5.32. The largest absolute Gasteiger partial charge is 0.478 e. The number of nitrogens with zero attached hydrogens (tertiary/aromatic N) is 1. The first-order chi connectivity index (χ1) is 9.29. The van der Waals surface area contributed by atoms with Crippen LogP contribution in [-0.2, 0) is 14.9 Å². The van der Waals surface area contributed by atoms with Gasteiger partial charge >= 0.3 is 22.3 Å². The highest BCUT2D eigenvalue weighted by molar-refractivity contribution is 7.91. The van der Waals surface area contributed by atoms with Gasteiger partial charge in [0, 0.05) is 7.05 Å². The highest BCUT2D eigenvalue weighted by Crippen LogP contribution is 2.21. The summed E-state index contributed by atoms with van der Waals surface area (Å²) in [4.78, 5) is 22.2. The Morgan fingerprint density at radius 2 is 1.95 bits per heavy atom. The van der Waals surface area contributed by atoms with Gasteiger partial charge in [-0.15, -0.1) is 0 Å². The second-order valence-electron chi connectivity index (χ2n) is 3.62. The Morgan fingerprint density at radius 3 is 2.50 bits per heavy atom. The first kappa shape index (κ1) is 15.8. The molecule has 0 aliphatic carbocycles. The van der Waals surface area contributed by atoms with Gasteiger partial charge in [-0.05, 0) is 19.1 Å². The van der Waals surface area contributed by atoms with Crippen LogP contribution in [0.1, 0.15) is 17.3 Å². The predicted octanol–water partition coefficient (Wildman–Crippen LogP) is 0.812. The van der Waals surface area contributed by atoms with Crippen LogP contribution in [0.4, 0.5) is 10.5 Å². The summed E-state index contributed by atoms with van der Waals surface area (Å²) in [5.41, 5.74) is -0.277. The number of aromatic carboxylic acids is 1. The summed E-state index contributed by atoms with van der Waals surface area (Å²) in [6.07, 6.45) is -1.13. The number of benzene rings is 1. The molecule has 0 bridgehead atoms. The summed E-state index contributed by atoms with van der Waals surface area (Å²) in [5, 5.41) is 9.01. The molecule has 0 fully saturated rings. The van der Waals surface area contributed by atoms with Gasteiger partial charge in [-0.1, -0.05) is 12.1 Å². The SMILES string of the molecule is CCOC(=O)NS(=O)(=O)N(C)c1ccccc1C(=O)O. The quantitative estimate of drug-likeness (QED) is 0.832. The molecule has 1 amide bonds. The van der Waals surface area contributed by atoms with Gasteiger partial charge in [0.05, 0.1) is 17.9 Å². The molecule has 9 heteroatoms. The minimum atomic E-state index is -4.25. The summed E-state index contributed by atoms with van der Waals surface area (Å²) in [7, 11) is -3.12. The van der Waals surface area contributed by atoms with Crippen molar-refractivity contribution >= 4 is 28.0 Å². The van der Waals surface area contributed by atoms with Gasteiger partial charge in [0.25, 0.3) is 0 Å². The maximum Gasteiger partial charge on any atom is 0.422 e. The van der Waals surface area contributed by atoms with Crippen molar-refractivity contribution in [1.29, 1.82) is 0 Å². The van der Waals surface area contributed by atoms with Crippen LogP contribution in [0, 0.1) is 0 Å². The van der Waals surface area contributed by atoms with Crippen LogP contribution >= 0.6 is 0 Å². The summed E-state index contributed by atoms with van der Waals surface area (Å²) < 4.78 is 30.6. The zero-order chi connectivity index (χ0) is 15.3. The number of hydrogen-bond donors (Lipinski definition) is 2. The van der Waals surface area contributed by atoms with Crippen LogP contribution < -0.4 is 9.03 Å². The lowest BCUT2D eigenvalue weighted by Gasteiger charge is -2.20. The van der Waals surface area contributed by atoms with E-state index in [1.807, 2.05) is 0 Å². The highest BCUT2D eigenvalue weighted by Gasteiger charge is 2.25. The molecule has 0 aliphatic heterocycles. The molecular weight excluding hydrogens is 288 g/mol. The normalized spacial score (nSPS) is 10.7. The molecule has 0 aliphatic rings. The molecule has 1 aromatic rings. The van der Waals surface area contributed by atoms with Gasteiger partial charge < -0.3 is 9.84 Å². The van der Waals surface area contributed by atoms with Crippen LogP contribution in [0.3, 0.4) is 0 Å². The topological polar surface area (TPSA) is 113 Å². The Hall–Kier alpha value is -2.29. The summed E-state index contributed by atoms with van der Waals surface area (Å²) in [6.45, 7) is 1.53. The summed E-state index contributed by atoms with van der Waals surface area (Å²) in [6, 6.07) is 5.52. The number of carboxylic acids is 1. The number of rotatable bonds is 5. The van der Waals surface area contributed by atoms with Gasteiger partial charge in [0.1, 0.15) is 0 Å². The van der Waals surface area contributed by atoms with Crippen molar-refractivity contribution in [3.8, 4) is 0 Å². The Bertz CT molecular complexity index is 613. The fourth-order valence-corrected chi connectivity index (χ4v) is 2.22. The lowest BCUT2D eigenvalue weighted by Crippen LogP contribution is -2.42. The first-order valence-electron chi connectivity index (χ1n) is 5.55. The molecule has 20 heavy (non-hydrogen) atoms. The zero-order valence-corrected chi connectivity index (χ0v) is 11.7. The number of carboxylic acid groups (broad SMARTS) is 1. The fraction of sp³-hybridized carbons (Fsp3) is 0.273. The van der Waals surface area contributed by atoms with E-state index in [-0.39, 0.29) is 17.9 Å². The minimum Gasteiger partial charge on any atom is -0.478 e. The van der Waals surface area contributed by atoms with Gasteiger partial charge in [-0.25, -0.2) is 14.3 Å². The van der Waals surface area contributed by atoms with Crippen molar-refractivity contribution in [3.63, 3.8) is 0 Å². The molecule has 0 spiro atoms. The van der Waals surface area contributed by atoms with E-state index >= 15 is 0 Å². The van der Waals surface area contributed by atoms with Crippen LogP contribution in [0.25, 0.3) is 0 Å². The van der Waals surface area contributed by atoms with E-state index in [0.29, 0.717) is 4.31 Å². The van der Waals surface area contributed by atoms with Crippen molar-refractivity contribution in [2.24, 2.45) is 0 Å². The molecule has 0 radical (unpaired) electrons. The van der Waals surface area contributed by atoms with Crippen LogP contribution in [0.2, 0.25) is 0 Å². The fourth-order valence-electron chi connectivity index (χ4n) is 1.39. The molecule has 0 atom stereocenters. The van der Waals surface area contributed by atoms with E-state index in [4.69, 9.17) is 5.11 Å². The van der Waals surface area contributed by atoms with Gasteiger partial charge in [0.2, 0.25) is 0 Å². The standard InChI is InChI=1S/C11H14N2O6S/c1-3-19-11(16)12-20(17,18)13(2)9-7-5-4-6-8(9)10(14)15/h4-7H,3H2,1-2H3,(H,12,16)(H,14,15). The molecule has 8 nitrogen and oxygen atoms in total. The molecule has 1 aromatic carbocycles. The number of carbonyl (C=O) groups excluding carboxylic acids is 1. The van der Waals surface area contributed by atoms with Gasteiger partial charge in [0.15, 0.2) is 0 Å². The number of carbonyl (C=O) groups is 2. The van der Waals surface area contributed by atoms with Crippen molar-refractivity contribution in [1.82, 2.24) is 4.72 Å². The minimum absolute atomic E-state index is 0.0107. The van der Waals surface area contributed by atoms with E-state index in [1.165, 1.54) is 31.2 Å². The lowest BCUT2D eigenvalue weighted by atomic mass is 10.2. The number of anilines is 1. The molecule has 0 heterocycles. The van der Waals surface area contributed by atoms with Crippen molar-refractivity contribution in [2.75, 3.05) is 18.0 Å². The maximum atomic E-state index is 11.9. The van der Waals surface area contributed by atoms with Gasteiger partial charge in [-0.2, -0.15) is 8.42 Å². The Kier molecular flexibility index (Phi) is 4.92. The molecule has 110 valence electrons. The third kappa shape index (κ3) is 3.60. The average molecular weight is 302 g/mol. The van der Waals surface area contributed by atoms with Crippen molar-refractivity contribution < 1.29 is 27.9 Å². The molecular formula is C11H14N2O6S. The Labute approximate surface area is 116 Å². The van der Waals surface area contributed by atoms with E-state index in [0.717, 1.165) is 7.05 Å². The summed E-state index contributed by atoms with van der Waals surface area (Å²) in [5.74, 6) is -1.28. The smallest absolute Gasteiger partial charge is 0.422 e. The van der Waals surface area contributed by atoms with Crippen LogP contribution in [0.5, 0.6) is 0 Å². The third-order valence-corrected chi connectivity index (χ3v) is 3.66. The summed E-state index contributed by atoms with van der Waals surface area (Å²) >= 11 is 0.